The number of hydrogen-bond donors (Lipinski definition) is 1. The summed E-state index contributed by atoms with van der Waals surface area (Å²) in [5.41, 5.74) is 0.688. The zero-order chi connectivity index (χ0) is 14.3. The molecule has 0 saturated heterocycles. The summed E-state index contributed by atoms with van der Waals surface area (Å²) in [6.45, 7) is 4.92. The normalized spacial score (nSPS) is 12.0. The van der Waals surface area contributed by atoms with Gasteiger partial charge in [-0.25, -0.2) is 4.98 Å². The van der Waals surface area contributed by atoms with Gasteiger partial charge < -0.3 is 10.2 Å². The van der Waals surface area contributed by atoms with Crippen LogP contribution < -0.4 is 5.32 Å². The van der Waals surface area contributed by atoms with Crippen molar-refractivity contribution in [3.8, 4) is 0 Å². The molecule has 1 aromatic rings. The number of carbonyl (C=O) groups excluding carboxylic acids is 1. The Hall–Kier alpha value is -1.23. The van der Waals surface area contributed by atoms with Gasteiger partial charge in [0.05, 0.1) is 0 Å². The van der Waals surface area contributed by atoms with E-state index in [1.54, 1.807) is 24.0 Å². The third-order valence-electron chi connectivity index (χ3n) is 3.06. The standard InChI is InChI=1S/C14H23N3OS/c1-5-12(10-19-4)17(3)14(18)11-7-8-16-13(9-11)15-6-2/h7-9,12H,5-6,10H2,1-4H3,(H,15,16). The number of thioether (sulfide) groups is 1. The van der Waals surface area contributed by atoms with E-state index in [9.17, 15) is 4.79 Å². The van der Waals surface area contributed by atoms with Crippen LogP contribution in [0, 0.1) is 0 Å². The van der Waals surface area contributed by atoms with Crippen molar-refractivity contribution in [3.63, 3.8) is 0 Å². The lowest BCUT2D eigenvalue weighted by molar-refractivity contribution is 0.0743. The zero-order valence-corrected chi connectivity index (χ0v) is 13.0. The van der Waals surface area contributed by atoms with E-state index in [-0.39, 0.29) is 11.9 Å². The number of pyridine rings is 1. The van der Waals surface area contributed by atoms with E-state index < -0.39 is 0 Å². The van der Waals surface area contributed by atoms with Crippen molar-refractivity contribution in [2.75, 3.05) is 30.9 Å². The minimum absolute atomic E-state index is 0.0578. The van der Waals surface area contributed by atoms with Gasteiger partial charge in [-0.15, -0.1) is 0 Å². The second-order valence-corrected chi connectivity index (χ2v) is 5.30. The molecule has 5 heteroatoms. The van der Waals surface area contributed by atoms with Crippen molar-refractivity contribution in [2.24, 2.45) is 0 Å². The lowest BCUT2D eigenvalue weighted by Crippen LogP contribution is -2.38. The molecule has 4 nitrogen and oxygen atoms in total. The van der Waals surface area contributed by atoms with Gasteiger partial charge in [0.15, 0.2) is 0 Å². The predicted molar refractivity (Wildman–Crippen MR) is 83.0 cm³/mol. The van der Waals surface area contributed by atoms with E-state index in [0.29, 0.717) is 5.56 Å². The summed E-state index contributed by atoms with van der Waals surface area (Å²) in [7, 11) is 1.88. The van der Waals surface area contributed by atoms with E-state index >= 15 is 0 Å². The number of amides is 1. The molecule has 1 amide bonds. The van der Waals surface area contributed by atoms with Crippen LogP contribution in [-0.2, 0) is 0 Å². The summed E-state index contributed by atoms with van der Waals surface area (Å²) in [5, 5.41) is 3.12. The molecule has 19 heavy (non-hydrogen) atoms. The van der Waals surface area contributed by atoms with Gasteiger partial charge in [-0.1, -0.05) is 6.92 Å². The van der Waals surface area contributed by atoms with Crippen molar-refractivity contribution in [1.82, 2.24) is 9.88 Å². The van der Waals surface area contributed by atoms with Crippen LogP contribution >= 0.6 is 11.8 Å². The van der Waals surface area contributed by atoms with E-state index in [1.165, 1.54) is 0 Å². The molecule has 0 bridgehead atoms. The maximum Gasteiger partial charge on any atom is 0.254 e. The number of anilines is 1. The molecule has 0 spiro atoms. The minimum atomic E-state index is 0.0578. The molecule has 0 fully saturated rings. The van der Waals surface area contributed by atoms with Crippen LogP contribution in [0.2, 0.25) is 0 Å². The third kappa shape index (κ3) is 4.42. The van der Waals surface area contributed by atoms with Gasteiger partial charge in [0, 0.05) is 37.1 Å². The number of rotatable bonds is 7. The quantitative estimate of drug-likeness (QED) is 0.834. The molecule has 1 N–H and O–H groups in total. The van der Waals surface area contributed by atoms with Gasteiger partial charge in [-0.2, -0.15) is 11.8 Å². The highest BCUT2D eigenvalue weighted by Crippen LogP contribution is 2.14. The lowest BCUT2D eigenvalue weighted by atomic mass is 10.1. The van der Waals surface area contributed by atoms with Crippen LogP contribution in [0.25, 0.3) is 0 Å². The summed E-state index contributed by atoms with van der Waals surface area (Å²) < 4.78 is 0. The Labute approximate surface area is 120 Å². The lowest BCUT2D eigenvalue weighted by Gasteiger charge is -2.27. The molecule has 0 aliphatic rings. The number of aromatic nitrogens is 1. The number of nitrogens with zero attached hydrogens (tertiary/aromatic N) is 2. The Kier molecular flexibility index (Phi) is 6.70. The first-order valence-electron chi connectivity index (χ1n) is 6.60. The van der Waals surface area contributed by atoms with Crippen molar-refractivity contribution in [1.29, 1.82) is 0 Å². The fourth-order valence-corrected chi connectivity index (χ4v) is 2.75. The van der Waals surface area contributed by atoms with Gasteiger partial charge >= 0.3 is 0 Å². The Morgan fingerprint density at radius 1 is 1.53 bits per heavy atom. The number of nitrogens with one attached hydrogen (secondary N) is 1. The smallest absolute Gasteiger partial charge is 0.254 e. The fourth-order valence-electron chi connectivity index (χ4n) is 1.91. The van der Waals surface area contributed by atoms with Crippen molar-refractivity contribution in [3.05, 3.63) is 23.9 Å². The molecule has 106 valence electrons. The van der Waals surface area contributed by atoms with Crippen LogP contribution in [0.15, 0.2) is 18.3 Å². The second-order valence-electron chi connectivity index (χ2n) is 4.39. The molecule has 0 radical (unpaired) electrons. The van der Waals surface area contributed by atoms with Crippen molar-refractivity contribution in [2.45, 2.75) is 26.3 Å². The minimum Gasteiger partial charge on any atom is -0.370 e. The summed E-state index contributed by atoms with van der Waals surface area (Å²) in [6.07, 6.45) is 4.71. The van der Waals surface area contributed by atoms with Gasteiger partial charge in [0.25, 0.3) is 5.91 Å². The molecular formula is C14H23N3OS. The molecule has 0 aliphatic carbocycles. The monoisotopic (exact) mass is 281 g/mol. The van der Waals surface area contributed by atoms with Crippen LogP contribution in [0.5, 0.6) is 0 Å². The molecule has 0 saturated carbocycles. The SMILES string of the molecule is CCNc1cc(C(=O)N(C)C(CC)CSC)ccn1. The number of carbonyl (C=O) groups is 1. The molecule has 1 aromatic heterocycles. The first kappa shape index (κ1) is 15.8. The third-order valence-corrected chi connectivity index (χ3v) is 3.78. The molecule has 1 atom stereocenters. The summed E-state index contributed by atoms with van der Waals surface area (Å²) in [5.74, 6) is 1.77. The zero-order valence-electron chi connectivity index (χ0n) is 12.1. The Morgan fingerprint density at radius 3 is 2.84 bits per heavy atom. The molecule has 0 aromatic carbocycles. The second kappa shape index (κ2) is 8.04. The van der Waals surface area contributed by atoms with Crippen LogP contribution in [0.4, 0.5) is 5.82 Å². The van der Waals surface area contributed by atoms with Gasteiger partial charge in [-0.05, 0) is 31.7 Å². The first-order valence-corrected chi connectivity index (χ1v) is 7.99. The average molecular weight is 281 g/mol. The summed E-state index contributed by atoms with van der Waals surface area (Å²) in [4.78, 5) is 18.5. The van der Waals surface area contributed by atoms with Crippen LogP contribution in [0.3, 0.4) is 0 Å². The average Bonchev–Trinajstić information content (AvgIpc) is 2.44. The van der Waals surface area contributed by atoms with Crippen molar-refractivity contribution >= 4 is 23.5 Å². The van der Waals surface area contributed by atoms with Gasteiger partial charge in [0.2, 0.25) is 0 Å². The van der Waals surface area contributed by atoms with Crippen molar-refractivity contribution < 1.29 is 4.79 Å². The first-order chi connectivity index (χ1) is 9.13. The molecule has 0 aliphatic heterocycles. The van der Waals surface area contributed by atoms with E-state index in [2.05, 4.69) is 23.5 Å². The molecular weight excluding hydrogens is 258 g/mol. The van der Waals surface area contributed by atoms with Gasteiger partial charge in [-0.3, -0.25) is 4.79 Å². The topological polar surface area (TPSA) is 45.2 Å². The highest BCUT2D eigenvalue weighted by atomic mass is 32.2. The Balaban J connectivity index is 2.83. The highest BCUT2D eigenvalue weighted by Gasteiger charge is 2.19. The molecule has 1 heterocycles. The summed E-state index contributed by atoms with van der Waals surface area (Å²) >= 11 is 1.77. The molecule has 1 unspecified atom stereocenters. The maximum atomic E-state index is 12.4. The van der Waals surface area contributed by atoms with E-state index in [4.69, 9.17) is 0 Å². The maximum absolute atomic E-state index is 12.4. The summed E-state index contributed by atoms with van der Waals surface area (Å²) in [6, 6.07) is 3.86. The predicted octanol–water partition coefficient (Wildman–Crippen LogP) is 2.73. The van der Waals surface area contributed by atoms with Crippen LogP contribution in [-0.4, -0.2) is 47.4 Å². The Bertz CT molecular complexity index is 411. The van der Waals surface area contributed by atoms with Gasteiger partial charge in [0.1, 0.15) is 5.82 Å². The number of hydrogen-bond acceptors (Lipinski definition) is 4. The van der Waals surface area contributed by atoms with Crippen LogP contribution in [0.1, 0.15) is 30.6 Å². The Morgan fingerprint density at radius 2 is 2.26 bits per heavy atom. The fraction of sp³-hybridized carbons (Fsp3) is 0.571. The largest absolute Gasteiger partial charge is 0.370 e. The highest BCUT2D eigenvalue weighted by molar-refractivity contribution is 7.98. The van der Waals surface area contributed by atoms with E-state index in [0.717, 1.165) is 24.5 Å². The van der Waals surface area contributed by atoms with E-state index in [1.807, 2.05) is 24.9 Å². The molecule has 1 rings (SSSR count).